The van der Waals surface area contributed by atoms with Crippen LogP contribution in [-0.2, 0) is 4.79 Å². The molecule has 1 aromatic rings. The number of methoxy groups -OCH3 is 1. The number of rotatable bonds is 5. The second-order valence-electron chi connectivity index (χ2n) is 3.25. The van der Waals surface area contributed by atoms with Gasteiger partial charge in [-0.05, 0) is 13.0 Å². The average molecular weight is 224 g/mol. The van der Waals surface area contributed by atoms with Crippen molar-refractivity contribution in [3.8, 4) is 5.88 Å². The highest BCUT2D eigenvalue weighted by molar-refractivity contribution is 5.80. The number of likely N-dealkylation sites (N-methyl/N-ethyl adjacent to an activating group) is 1. The number of carbonyl (C=O) groups is 1. The van der Waals surface area contributed by atoms with Crippen molar-refractivity contribution in [2.75, 3.05) is 30.8 Å². The van der Waals surface area contributed by atoms with E-state index in [-0.39, 0.29) is 6.54 Å². The minimum Gasteiger partial charge on any atom is -0.481 e. The molecular weight excluding hydrogens is 208 g/mol. The van der Waals surface area contributed by atoms with E-state index in [2.05, 4.69) is 4.98 Å². The number of anilines is 2. The topological polar surface area (TPSA) is 94.5 Å². The number of amides is 1. The van der Waals surface area contributed by atoms with Gasteiger partial charge in [0.05, 0.1) is 19.3 Å². The molecule has 1 aromatic heterocycles. The Morgan fingerprint density at radius 2 is 2.25 bits per heavy atom. The van der Waals surface area contributed by atoms with Crippen LogP contribution in [0, 0.1) is 0 Å². The summed E-state index contributed by atoms with van der Waals surface area (Å²) in [7, 11) is 1.52. The van der Waals surface area contributed by atoms with Crippen LogP contribution in [0.1, 0.15) is 6.92 Å². The summed E-state index contributed by atoms with van der Waals surface area (Å²) in [5, 5.41) is 0. The molecule has 88 valence electrons. The molecule has 1 amide bonds. The number of nitrogens with two attached hydrogens (primary N) is 2. The molecule has 0 aliphatic carbocycles. The normalized spacial score (nSPS) is 9.88. The Hall–Kier alpha value is -1.98. The van der Waals surface area contributed by atoms with Crippen molar-refractivity contribution >= 4 is 17.4 Å². The molecule has 1 rings (SSSR count). The van der Waals surface area contributed by atoms with E-state index in [1.54, 1.807) is 17.0 Å². The van der Waals surface area contributed by atoms with Gasteiger partial charge in [0, 0.05) is 12.6 Å². The van der Waals surface area contributed by atoms with Crippen LogP contribution in [0.3, 0.4) is 0 Å². The Balaban J connectivity index is 3.02. The monoisotopic (exact) mass is 224 g/mol. The smallest absolute Gasteiger partial charge is 0.236 e. The fraction of sp³-hybridized carbons (Fsp3) is 0.400. The van der Waals surface area contributed by atoms with E-state index in [4.69, 9.17) is 16.2 Å². The minimum absolute atomic E-state index is 0.0842. The Morgan fingerprint density at radius 1 is 1.56 bits per heavy atom. The number of pyridine rings is 1. The summed E-state index contributed by atoms with van der Waals surface area (Å²) < 4.78 is 5.00. The third kappa shape index (κ3) is 2.75. The first kappa shape index (κ1) is 12.1. The molecule has 0 aliphatic heterocycles. The van der Waals surface area contributed by atoms with E-state index in [1.807, 2.05) is 6.92 Å². The lowest BCUT2D eigenvalue weighted by molar-refractivity contribution is -0.116. The van der Waals surface area contributed by atoms with E-state index >= 15 is 0 Å². The van der Waals surface area contributed by atoms with Crippen molar-refractivity contribution < 1.29 is 9.53 Å². The van der Waals surface area contributed by atoms with Crippen molar-refractivity contribution in [2.45, 2.75) is 6.92 Å². The van der Waals surface area contributed by atoms with E-state index in [0.717, 1.165) is 0 Å². The van der Waals surface area contributed by atoms with Crippen LogP contribution in [0.4, 0.5) is 11.5 Å². The molecule has 4 N–H and O–H groups in total. The molecule has 0 saturated heterocycles. The molecule has 6 heteroatoms. The summed E-state index contributed by atoms with van der Waals surface area (Å²) in [6, 6.07) is 3.35. The number of hydrogen-bond donors (Lipinski definition) is 2. The highest BCUT2D eigenvalue weighted by Gasteiger charge is 2.13. The van der Waals surface area contributed by atoms with Crippen molar-refractivity contribution in [2.24, 2.45) is 5.73 Å². The zero-order valence-electron chi connectivity index (χ0n) is 9.43. The van der Waals surface area contributed by atoms with Gasteiger partial charge in [-0.2, -0.15) is 4.98 Å². The maximum Gasteiger partial charge on any atom is 0.236 e. The number of carbonyl (C=O) groups excluding carboxylic acids is 1. The van der Waals surface area contributed by atoms with E-state index in [1.165, 1.54) is 7.11 Å². The van der Waals surface area contributed by atoms with Crippen LogP contribution in [0.5, 0.6) is 5.88 Å². The first-order valence-electron chi connectivity index (χ1n) is 4.92. The highest BCUT2D eigenvalue weighted by Crippen LogP contribution is 2.23. The molecule has 6 nitrogen and oxygen atoms in total. The van der Waals surface area contributed by atoms with Crippen molar-refractivity contribution in [1.29, 1.82) is 0 Å². The summed E-state index contributed by atoms with van der Waals surface area (Å²) in [5.74, 6) is 0.540. The number of ether oxygens (including phenoxy) is 1. The number of primary amides is 1. The Kier molecular flexibility index (Phi) is 3.93. The first-order chi connectivity index (χ1) is 7.58. The molecule has 1 heterocycles. The van der Waals surface area contributed by atoms with Gasteiger partial charge in [0.15, 0.2) is 5.82 Å². The third-order valence-electron chi connectivity index (χ3n) is 2.12. The predicted octanol–water partition coefficient (Wildman–Crippen LogP) is -0.0160. The molecule has 0 fully saturated rings. The van der Waals surface area contributed by atoms with Crippen LogP contribution in [-0.4, -0.2) is 31.1 Å². The quantitative estimate of drug-likeness (QED) is 0.733. The summed E-state index contributed by atoms with van der Waals surface area (Å²) in [6.45, 7) is 2.57. The van der Waals surface area contributed by atoms with Gasteiger partial charge in [-0.3, -0.25) is 4.79 Å². The van der Waals surface area contributed by atoms with E-state index < -0.39 is 5.91 Å². The van der Waals surface area contributed by atoms with Gasteiger partial charge >= 0.3 is 0 Å². The van der Waals surface area contributed by atoms with Gasteiger partial charge in [-0.1, -0.05) is 0 Å². The Morgan fingerprint density at radius 3 is 2.75 bits per heavy atom. The fourth-order valence-corrected chi connectivity index (χ4v) is 1.33. The molecule has 0 aromatic carbocycles. The van der Waals surface area contributed by atoms with Crippen molar-refractivity contribution in [1.82, 2.24) is 4.98 Å². The van der Waals surface area contributed by atoms with Crippen LogP contribution in [0.25, 0.3) is 0 Å². The summed E-state index contributed by atoms with van der Waals surface area (Å²) in [6.07, 6.45) is 0. The SMILES string of the molecule is CCN(CC(N)=O)c1nc(OC)ccc1N. The summed E-state index contributed by atoms with van der Waals surface area (Å²) in [4.78, 5) is 16.8. The van der Waals surface area contributed by atoms with Gasteiger partial charge in [-0.25, -0.2) is 0 Å². The lowest BCUT2D eigenvalue weighted by Crippen LogP contribution is -2.34. The number of aromatic nitrogens is 1. The van der Waals surface area contributed by atoms with Crippen LogP contribution in [0.2, 0.25) is 0 Å². The first-order valence-corrected chi connectivity index (χ1v) is 4.92. The molecule has 0 bridgehead atoms. The van der Waals surface area contributed by atoms with Crippen molar-refractivity contribution in [3.63, 3.8) is 0 Å². The molecule has 16 heavy (non-hydrogen) atoms. The standard InChI is InChI=1S/C10H16N4O2/c1-3-14(6-8(12)15)10-7(11)4-5-9(13-10)16-2/h4-5H,3,6,11H2,1-2H3,(H2,12,15). The summed E-state index contributed by atoms with van der Waals surface area (Å²) >= 11 is 0. The second kappa shape index (κ2) is 5.20. The zero-order valence-corrected chi connectivity index (χ0v) is 9.43. The number of nitrogens with zero attached hydrogens (tertiary/aromatic N) is 2. The lowest BCUT2D eigenvalue weighted by Gasteiger charge is -2.21. The molecule has 0 atom stereocenters. The Bertz CT molecular complexity index is 381. The molecular formula is C10H16N4O2. The van der Waals surface area contributed by atoms with Gasteiger partial charge in [-0.15, -0.1) is 0 Å². The molecule has 0 aliphatic rings. The molecule has 0 unspecified atom stereocenters. The Labute approximate surface area is 94.2 Å². The number of nitrogen functional groups attached to an aromatic ring is 1. The van der Waals surface area contributed by atoms with Gasteiger partial charge < -0.3 is 21.1 Å². The van der Waals surface area contributed by atoms with Gasteiger partial charge in [0.2, 0.25) is 11.8 Å². The average Bonchev–Trinajstić information content (AvgIpc) is 2.26. The summed E-state index contributed by atoms with van der Waals surface area (Å²) in [5.41, 5.74) is 11.4. The predicted molar refractivity (Wildman–Crippen MR) is 62.3 cm³/mol. The van der Waals surface area contributed by atoms with Crippen LogP contribution < -0.4 is 21.1 Å². The van der Waals surface area contributed by atoms with E-state index in [9.17, 15) is 4.79 Å². The maximum absolute atomic E-state index is 10.9. The van der Waals surface area contributed by atoms with Crippen molar-refractivity contribution in [3.05, 3.63) is 12.1 Å². The molecule has 0 radical (unpaired) electrons. The molecule has 0 saturated carbocycles. The van der Waals surface area contributed by atoms with Gasteiger partial charge in [0.25, 0.3) is 0 Å². The van der Waals surface area contributed by atoms with E-state index in [0.29, 0.717) is 23.9 Å². The maximum atomic E-state index is 10.9. The minimum atomic E-state index is -0.425. The van der Waals surface area contributed by atoms with Crippen LogP contribution >= 0.6 is 0 Å². The molecule has 0 spiro atoms. The largest absolute Gasteiger partial charge is 0.481 e. The number of hydrogen-bond acceptors (Lipinski definition) is 5. The second-order valence-corrected chi connectivity index (χ2v) is 3.25. The highest BCUT2D eigenvalue weighted by atomic mass is 16.5. The van der Waals surface area contributed by atoms with Crippen LogP contribution in [0.15, 0.2) is 12.1 Å². The third-order valence-corrected chi connectivity index (χ3v) is 2.12. The fourth-order valence-electron chi connectivity index (χ4n) is 1.33. The zero-order chi connectivity index (χ0) is 12.1. The lowest BCUT2D eigenvalue weighted by atomic mass is 10.3. The van der Waals surface area contributed by atoms with Gasteiger partial charge in [0.1, 0.15) is 0 Å².